The van der Waals surface area contributed by atoms with Gasteiger partial charge >= 0.3 is 23.9 Å². The molecule has 148 valence electrons. The second-order valence-corrected chi connectivity index (χ2v) is 6.02. The minimum atomic E-state index is -2.67. The number of carboxylic acids is 4. The summed E-state index contributed by atoms with van der Waals surface area (Å²) in [5.41, 5.74) is 6.67. The zero-order valence-corrected chi connectivity index (χ0v) is 14.1. The van der Waals surface area contributed by atoms with Crippen molar-refractivity contribution in [3.05, 3.63) is 30.3 Å². The average Bonchev–Trinajstić information content (AvgIpc) is 2.52. The van der Waals surface area contributed by atoms with E-state index in [1.54, 1.807) is 6.07 Å². The van der Waals surface area contributed by atoms with E-state index in [2.05, 4.69) is 0 Å². The summed E-state index contributed by atoms with van der Waals surface area (Å²) in [6, 6.07) is 5.16. The fourth-order valence-electron chi connectivity index (χ4n) is 2.84. The molecule has 0 spiro atoms. The normalized spacial score (nSPS) is 14.6. The molecule has 2 atom stereocenters. The molecule has 0 aliphatic rings. The van der Waals surface area contributed by atoms with Gasteiger partial charge in [0.25, 0.3) is 0 Å². The van der Waals surface area contributed by atoms with Gasteiger partial charge in [0.15, 0.2) is 11.8 Å². The van der Waals surface area contributed by atoms with E-state index in [0.29, 0.717) is 0 Å². The molecule has 0 aliphatic carbocycles. The van der Waals surface area contributed by atoms with Gasteiger partial charge in [0.05, 0.1) is 24.7 Å². The van der Waals surface area contributed by atoms with E-state index in [1.165, 1.54) is 24.3 Å². The van der Waals surface area contributed by atoms with Crippen molar-refractivity contribution in [3.63, 3.8) is 0 Å². The summed E-state index contributed by atoms with van der Waals surface area (Å²) in [4.78, 5) is 45.7. The second-order valence-electron chi connectivity index (χ2n) is 6.02. The van der Waals surface area contributed by atoms with E-state index in [9.17, 15) is 39.6 Å². The molecule has 0 fully saturated rings. The number of hydrogen-bond donors (Lipinski definition) is 6. The van der Waals surface area contributed by atoms with E-state index in [4.69, 9.17) is 16.2 Å². The van der Waals surface area contributed by atoms with Crippen molar-refractivity contribution in [2.75, 3.05) is 0 Å². The van der Waals surface area contributed by atoms with Crippen LogP contribution in [-0.4, -0.2) is 56.1 Å². The molecule has 0 bridgehead atoms. The molecule has 11 nitrogen and oxygen atoms in total. The Bertz CT molecular complexity index is 681. The number of carboxylic acid groups (broad SMARTS) is 4. The number of hydrogen-bond acceptors (Lipinski definition) is 7. The predicted molar refractivity (Wildman–Crippen MR) is 88.8 cm³/mol. The first-order valence-corrected chi connectivity index (χ1v) is 7.60. The van der Waals surface area contributed by atoms with Gasteiger partial charge in [-0.25, -0.2) is 0 Å². The van der Waals surface area contributed by atoms with Gasteiger partial charge in [-0.1, -0.05) is 18.2 Å². The largest absolute Gasteiger partial charge is 0.481 e. The molecule has 1 aromatic carbocycles. The average molecular weight is 384 g/mol. The van der Waals surface area contributed by atoms with Crippen molar-refractivity contribution in [2.45, 2.75) is 31.0 Å². The fourth-order valence-corrected chi connectivity index (χ4v) is 2.84. The molecule has 0 amide bonds. The highest BCUT2D eigenvalue weighted by Crippen LogP contribution is 2.44. The Morgan fingerprint density at radius 1 is 0.889 bits per heavy atom. The van der Waals surface area contributed by atoms with Crippen molar-refractivity contribution in [1.82, 2.24) is 0 Å². The molecule has 0 saturated carbocycles. The lowest BCUT2D eigenvalue weighted by Gasteiger charge is -2.47. The number of carbonyl (C=O) groups is 4. The van der Waals surface area contributed by atoms with E-state index in [-0.39, 0.29) is 5.75 Å². The number of benzene rings is 1. The topological polar surface area (TPSA) is 210 Å². The van der Waals surface area contributed by atoms with Crippen LogP contribution < -0.4 is 16.2 Å². The monoisotopic (exact) mass is 384 g/mol. The smallest absolute Gasteiger partial charge is 0.326 e. The summed E-state index contributed by atoms with van der Waals surface area (Å²) in [6.07, 6.45) is -3.30. The third-order valence-corrected chi connectivity index (χ3v) is 4.06. The summed E-state index contributed by atoms with van der Waals surface area (Å²) < 4.78 is 5.48. The van der Waals surface area contributed by atoms with Gasteiger partial charge in [0, 0.05) is 0 Å². The summed E-state index contributed by atoms with van der Waals surface area (Å²) in [7, 11) is 0. The lowest BCUT2D eigenvalue weighted by Crippen LogP contribution is -2.72. The summed E-state index contributed by atoms with van der Waals surface area (Å²) >= 11 is 0. The molecule has 0 aromatic heterocycles. The van der Waals surface area contributed by atoms with Crippen LogP contribution in [-0.2, 0) is 19.2 Å². The van der Waals surface area contributed by atoms with Crippen molar-refractivity contribution in [1.29, 1.82) is 0 Å². The maximum atomic E-state index is 11.5. The first-order chi connectivity index (χ1) is 12.4. The minimum Gasteiger partial charge on any atom is -0.481 e. The minimum absolute atomic E-state index is 0.0396. The molecule has 0 saturated heterocycles. The molecule has 1 rings (SSSR count). The molecule has 8 N–H and O–H groups in total. The van der Waals surface area contributed by atoms with Gasteiger partial charge < -0.3 is 30.9 Å². The van der Waals surface area contributed by atoms with E-state index in [0.717, 1.165) is 0 Å². The molecule has 0 heterocycles. The SMILES string of the molecule is NC(C(=O)O)C(N)(Oc1ccccc1)C(CC(=O)O)(CC(=O)O)CC(=O)O. The van der Waals surface area contributed by atoms with Crippen LogP contribution >= 0.6 is 0 Å². The van der Waals surface area contributed by atoms with Crippen LogP contribution in [0, 0.1) is 5.41 Å². The molecule has 0 radical (unpaired) electrons. The molecule has 27 heavy (non-hydrogen) atoms. The number of ether oxygens (including phenoxy) is 1. The Morgan fingerprint density at radius 2 is 1.30 bits per heavy atom. The molecule has 11 heteroatoms. The predicted octanol–water partition coefficient (Wildman–Crippen LogP) is -0.457. The zero-order chi connectivity index (χ0) is 20.8. The van der Waals surface area contributed by atoms with Crippen molar-refractivity contribution >= 4 is 23.9 Å². The van der Waals surface area contributed by atoms with Crippen molar-refractivity contribution in [3.8, 4) is 5.75 Å². The first kappa shape index (κ1) is 21.9. The number of aliphatic carboxylic acids is 4. The highest BCUT2D eigenvalue weighted by molar-refractivity contribution is 5.79. The Balaban J connectivity index is 3.68. The third-order valence-electron chi connectivity index (χ3n) is 4.06. The molecule has 0 aliphatic heterocycles. The Hall–Kier alpha value is -3.18. The van der Waals surface area contributed by atoms with Gasteiger partial charge in [-0.15, -0.1) is 0 Å². The Morgan fingerprint density at radius 3 is 1.63 bits per heavy atom. The molecule has 2 unspecified atom stereocenters. The Labute approximate surface area is 153 Å². The lowest BCUT2D eigenvalue weighted by molar-refractivity contribution is -0.172. The summed E-state index contributed by atoms with van der Waals surface area (Å²) in [6.45, 7) is 0. The van der Waals surface area contributed by atoms with Crippen LogP contribution in [0.3, 0.4) is 0 Å². The van der Waals surface area contributed by atoms with E-state index < -0.39 is 60.3 Å². The van der Waals surface area contributed by atoms with Crippen LogP contribution in [0.15, 0.2) is 30.3 Å². The van der Waals surface area contributed by atoms with Crippen molar-refractivity contribution < 1.29 is 44.3 Å². The van der Waals surface area contributed by atoms with Gasteiger partial charge in [-0.3, -0.25) is 24.9 Å². The van der Waals surface area contributed by atoms with Crippen LogP contribution in [0.5, 0.6) is 5.75 Å². The zero-order valence-electron chi connectivity index (χ0n) is 14.1. The standard InChI is InChI=1S/C16H20N2O9/c17-13(14(25)26)16(18,27-9-4-2-1-3-5-9)15(6-10(19)20,7-11(21)22)8-12(23)24/h1-5,13H,6-8,17-18H2,(H,19,20)(H,21,22)(H,23,24)(H,25,26). The quantitative estimate of drug-likeness (QED) is 0.269. The maximum absolute atomic E-state index is 11.5. The maximum Gasteiger partial charge on any atom is 0.326 e. The Kier molecular flexibility index (Phi) is 6.86. The fraction of sp³-hybridized carbons (Fsp3) is 0.375. The van der Waals surface area contributed by atoms with Crippen LogP contribution in [0.2, 0.25) is 0 Å². The van der Waals surface area contributed by atoms with Gasteiger partial charge in [-0.2, -0.15) is 0 Å². The number of para-hydroxylation sites is 1. The van der Waals surface area contributed by atoms with Crippen LogP contribution in [0.4, 0.5) is 0 Å². The number of nitrogens with two attached hydrogens (primary N) is 2. The highest BCUT2D eigenvalue weighted by atomic mass is 16.5. The highest BCUT2D eigenvalue weighted by Gasteiger charge is 2.60. The van der Waals surface area contributed by atoms with E-state index in [1.807, 2.05) is 0 Å². The third kappa shape index (κ3) is 5.15. The summed E-state index contributed by atoms with van der Waals surface area (Å²) in [5.74, 6) is -6.55. The summed E-state index contributed by atoms with van der Waals surface area (Å²) in [5, 5.41) is 37.1. The van der Waals surface area contributed by atoms with Gasteiger partial charge in [0.2, 0.25) is 0 Å². The molecular weight excluding hydrogens is 364 g/mol. The second kappa shape index (κ2) is 8.47. The van der Waals surface area contributed by atoms with Crippen LogP contribution in [0.1, 0.15) is 19.3 Å². The molecular formula is C16H20N2O9. The lowest BCUT2D eigenvalue weighted by atomic mass is 9.66. The molecule has 1 aromatic rings. The van der Waals surface area contributed by atoms with Gasteiger partial charge in [-0.05, 0) is 12.1 Å². The number of rotatable bonds is 11. The first-order valence-electron chi connectivity index (χ1n) is 7.60. The van der Waals surface area contributed by atoms with Gasteiger partial charge in [0.1, 0.15) is 5.75 Å². The van der Waals surface area contributed by atoms with E-state index >= 15 is 0 Å². The van der Waals surface area contributed by atoms with Crippen molar-refractivity contribution in [2.24, 2.45) is 16.9 Å². The van der Waals surface area contributed by atoms with Crippen LogP contribution in [0.25, 0.3) is 0 Å².